The molecule has 6 aliphatic rings. The summed E-state index contributed by atoms with van der Waals surface area (Å²) in [4.78, 5) is 0. The van der Waals surface area contributed by atoms with Crippen LogP contribution in [0.5, 0.6) is 0 Å². The van der Waals surface area contributed by atoms with Gasteiger partial charge in [-0.05, 0) is 271 Å². The fourth-order valence-corrected chi connectivity index (χ4v) is 22.5. The predicted octanol–water partition coefficient (Wildman–Crippen LogP) is 35.8. The van der Waals surface area contributed by atoms with E-state index in [-0.39, 0.29) is 32.5 Å². The van der Waals surface area contributed by atoms with Crippen LogP contribution < -0.4 is 0 Å². The molecule has 0 aromatic heterocycles. The molecule has 0 nitrogen and oxygen atoms in total. The van der Waals surface area contributed by atoms with Gasteiger partial charge in [0, 0.05) is 32.5 Å². The summed E-state index contributed by atoms with van der Waals surface area (Å²) in [6, 6.07) is 146. The summed E-state index contributed by atoms with van der Waals surface area (Å²) in [5.41, 5.74) is 58.1. The summed E-state index contributed by atoms with van der Waals surface area (Å²) in [6.45, 7) is 40.9. The van der Waals surface area contributed by atoms with Crippen molar-refractivity contribution in [3.63, 3.8) is 0 Å². The number of hydrogen-bond donors (Lipinski definition) is 0. The maximum Gasteiger partial charge on any atom is 0.0159 e. The maximum atomic E-state index is 2.39. The van der Waals surface area contributed by atoms with Crippen LogP contribution in [0.4, 0.5) is 0 Å². The molecule has 0 spiro atoms. The Labute approximate surface area is 785 Å². The monoisotopic (exact) mass is 1700 g/mol. The SMILES string of the molecule is Cc1ccc(-c2ccc3c(c2)C(C)(C)c2ccccc2-3)cc1.Cc1ccc(-c2cccc3c2-c2ccccc2C3(C)C)cc1.Cc1cccc(-c2ccc3c(c2)C(C)(C)c2ccccc2-3)c1.Cc1cccc(-c2cccc3c2-c2ccccc2C3(C)C)c1.Cc1ccccc1-c1ccc2c(c1)C(C)(C)c1ccccc1-2.Cc1ccccc1-c1cccc2c1-c1ccccc1C2(C)C. The van der Waals surface area contributed by atoms with Gasteiger partial charge in [-0.3, -0.25) is 0 Å². The molecule has 0 heterocycles. The van der Waals surface area contributed by atoms with Gasteiger partial charge in [-0.25, -0.2) is 0 Å². The van der Waals surface area contributed by atoms with Gasteiger partial charge in [-0.2, -0.15) is 0 Å². The minimum absolute atomic E-state index is 0.0740. The van der Waals surface area contributed by atoms with Crippen LogP contribution in [0.15, 0.2) is 400 Å². The predicted molar refractivity (Wildman–Crippen MR) is 565 cm³/mol. The Morgan fingerprint density at radius 1 is 0.121 bits per heavy atom. The molecule has 0 atom stereocenters. The van der Waals surface area contributed by atoms with Crippen molar-refractivity contribution in [3.05, 3.63) is 501 Å². The highest BCUT2D eigenvalue weighted by Gasteiger charge is 2.42. The van der Waals surface area contributed by atoms with Crippen molar-refractivity contribution in [1.82, 2.24) is 0 Å². The van der Waals surface area contributed by atoms with Crippen LogP contribution in [-0.2, 0) is 32.5 Å². The molecule has 132 heavy (non-hydrogen) atoms. The van der Waals surface area contributed by atoms with E-state index in [1.165, 1.54) is 234 Å². The van der Waals surface area contributed by atoms with E-state index in [1.807, 2.05) is 0 Å². The lowest BCUT2D eigenvalue weighted by Gasteiger charge is -2.22. The Kier molecular flexibility index (Phi) is 22.7. The topological polar surface area (TPSA) is 0 Å². The number of fused-ring (bicyclic) bond motifs is 18. The summed E-state index contributed by atoms with van der Waals surface area (Å²) in [6.07, 6.45) is 0. The quantitative estimate of drug-likeness (QED) is 0.156. The molecule has 648 valence electrons. The maximum absolute atomic E-state index is 2.39. The minimum Gasteiger partial charge on any atom is -0.0620 e. The van der Waals surface area contributed by atoms with Gasteiger partial charge in [-0.1, -0.05) is 488 Å². The zero-order valence-corrected chi connectivity index (χ0v) is 80.1. The van der Waals surface area contributed by atoms with Gasteiger partial charge in [0.1, 0.15) is 0 Å². The highest BCUT2D eigenvalue weighted by Crippen LogP contribution is 2.58. The molecule has 0 N–H and O–H groups in total. The first-order valence-electron chi connectivity index (χ1n) is 47.4. The average molecular weight is 1710 g/mol. The second-order valence-corrected chi connectivity index (χ2v) is 40.6. The van der Waals surface area contributed by atoms with Crippen LogP contribution in [0.3, 0.4) is 0 Å². The number of rotatable bonds is 6. The second-order valence-electron chi connectivity index (χ2n) is 40.6. The van der Waals surface area contributed by atoms with Crippen LogP contribution in [0, 0.1) is 41.5 Å². The smallest absolute Gasteiger partial charge is 0.0159 e. The third-order valence-electron chi connectivity index (χ3n) is 29.9. The van der Waals surface area contributed by atoms with Gasteiger partial charge < -0.3 is 0 Å². The van der Waals surface area contributed by atoms with E-state index in [0.717, 1.165) is 0 Å². The van der Waals surface area contributed by atoms with Gasteiger partial charge in [-0.15, -0.1) is 0 Å². The van der Waals surface area contributed by atoms with E-state index < -0.39 is 0 Å². The first kappa shape index (κ1) is 87.3. The first-order valence-corrected chi connectivity index (χ1v) is 47.4. The largest absolute Gasteiger partial charge is 0.0620 e. The molecule has 18 aromatic carbocycles. The lowest BCUT2D eigenvalue weighted by atomic mass is 9.81. The van der Waals surface area contributed by atoms with E-state index in [0.29, 0.717) is 0 Å². The molecule has 0 fully saturated rings. The van der Waals surface area contributed by atoms with E-state index in [9.17, 15) is 0 Å². The molecular weight excluding hydrogens is 1590 g/mol. The van der Waals surface area contributed by atoms with Crippen molar-refractivity contribution in [3.8, 4) is 134 Å². The van der Waals surface area contributed by atoms with Gasteiger partial charge in [0.2, 0.25) is 0 Å². The zero-order valence-electron chi connectivity index (χ0n) is 80.1. The molecule has 0 aliphatic heterocycles. The Morgan fingerprint density at radius 3 is 0.735 bits per heavy atom. The average Bonchev–Trinajstić information content (AvgIpc) is 1.49. The fraction of sp³-hybridized carbons (Fsp3) is 0.182. The van der Waals surface area contributed by atoms with Crippen molar-refractivity contribution in [2.75, 3.05) is 0 Å². The van der Waals surface area contributed by atoms with Crippen LogP contribution in [0.1, 0.15) is 183 Å². The Hall–Kier alpha value is -14.0. The van der Waals surface area contributed by atoms with Gasteiger partial charge in [0.25, 0.3) is 0 Å². The first-order chi connectivity index (χ1) is 63.5. The van der Waals surface area contributed by atoms with Crippen molar-refractivity contribution in [2.24, 2.45) is 0 Å². The number of benzene rings is 18. The Bertz CT molecular complexity index is 7460. The lowest BCUT2D eigenvalue weighted by molar-refractivity contribution is 0.660. The summed E-state index contributed by atoms with van der Waals surface area (Å²) in [5, 5.41) is 0. The highest BCUT2D eigenvalue weighted by molar-refractivity contribution is 5.97. The molecule has 0 unspecified atom stereocenters. The highest BCUT2D eigenvalue weighted by atomic mass is 14.5. The molecule has 0 saturated heterocycles. The van der Waals surface area contributed by atoms with E-state index in [2.05, 4.69) is 525 Å². The molecular formula is C132H120. The van der Waals surface area contributed by atoms with Gasteiger partial charge >= 0.3 is 0 Å². The van der Waals surface area contributed by atoms with E-state index in [1.54, 1.807) is 0 Å². The van der Waals surface area contributed by atoms with Crippen molar-refractivity contribution < 1.29 is 0 Å². The van der Waals surface area contributed by atoms with Crippen molar-refractivity contribution in [2.45, 2.75) is 157 Å². The van der Waals surface area contributed by atoms with Crippen LogP contribution in [0.25, 0.3) is 134 Å². The summed E-state index contributed by atoms with van der Waals surface area (Å²) in [5.74, 6) is 0. The fourth-order valence-electron chi connectivity index (χ4n) is 22.5. The molecule has 0 bridgehead atoms. The summed E-state index contributed by atoms with van der Waals surface area (Å²) >= 11 is 0. The van der Waals surface area contributed by atoms with Crippen molar-refractivity contribution in [1.29, 1.82) is 0 Å². The molecule has 0 heteroatoms. The zero-order chi connectivity index (χ0) is 91.9. The molecule has 0 saturated carbocycles. The van der Waals surface area contributed by atoms with Gasteiger partial charge in [0.05, 0.1) is 0 Å². The van der Waals surface area contributed by atoms with Crippen molar-refractivity contribution >= 4 is 0 Å². The normalized spacial score (nSPS) is 14.5. The van der Waals surface area contributed by atoms with Crippen LogP contribution >= 0.6 is 0 Å². The van der Waals surface area contributed by atoms with E-state index in [4.69, 9.17) is 0 Å². The molecule has 24 rings (SSSR count). The third-order valence-corrected chi connectivity index (χ3v) is 29.9. The number of aryl methyl sites for hydroxylation is 6. The third kappa shape index (κ3) is 15.4. The summed E-state index contributed by atoms with van der Waals surface area (Å²) in [7, 11) is 0. The standard InChI is InChI=1S/6C22H20/c1-15-8-6-9-16(14-15)17-11-7-13-20-21(17)18-10-4-5-12-19(18)22(20,2)3;1-15-9-4-5-10-16(15)17-12-8-14-20-21(17)18-11-6-7-13-19(18)22(20,2)3;1-15-7-6-8-16(13-15)17-11-12-19-18-9-4-5-10-20(18)22(2,3)21(19)14-17;1-15-8-4-5-9-17(15)16-12-13-19-18-10-6-7-11-20(18)22(2,3)21(19)14-16;1-15-11-13-16(14-12-15)17-8-6-10-20-21(17)18-7-4-5-9-19(18)22(20,2)3;1-15-8-10-16(11-9-15)17-12-13-19-18-6-4-5-7-20(18)22(2,3)21(19)14-17/h6*4-14H,1-3H3. The lowest BCUT2D eigenvalue weighted by Crippen LogP contribution is -2.14. The van der Waals surface area contributed by atoms with Gasteiger partial charge in [0.15, 0.2) is 0 Å². The second kappa shape index (κ2) is 34.4. The van der Waals surface area contributed by atoms with Crippen LogP contribution in [-0.4, -0.2) is 0 Å². The minimum atomic E-state index is 0.0740. The number of hydrogen-bond acceptors (Lipinski definition) is 0. The molecule has 18 aromatic rings. The molecule has 6 aliphatic carbocycles. The molecule has 0 amide bonds. The van der Waals surface area contributed by atoms with Crippen LogP contribution in [0.2, 0.25) is 0 Å². The summed E-state index contributed by atoms with van der Waals surface area (Å²) < 4.78 is 0. The molecule has 0 radical (unpaired) electrons. The Balaban J connectivity index is 0.000000102. The Morgan fingerprint density at radius 2 is 0.348 bits per heavy atom. The van der Waals surface area contributed by atoms with E-state index >= 15 is 0 Å².